The van der Waals surface area contributed by atoms with E-state index in [0.717, 1.165) is 12.8 Å². The number of ketones is 1. The van der Waals surface area contributed by atoms with Crippen molar-refractivity contribution in [3.8, 4) is 0 Å². The maximum absolute atomic E-state index is 11.8. The molecule has 0 saturated heterocycles. The summed E-state index contributed by atoms with van der Waals surface area (Å²) in [5.74, 6) is 0.564. The summed E-state index contributed by atoms with van der Waals surface area (Å²) in [5.41, 5.74) is 8.09. The molecule has 1 unspecified atom stereocenters. The average molecular weight is 247 g/mol. The molecule has 0 aromatic heterocycles. The predicted molar refractivity (Wildman–Crippen MR) is 71.6 cm³/mol. The Morgan fingerprint density at radius 1 is 1.39 bits per heavy atom. The van der Waals surface area contributed by atoms with Gasteiger partial charge in [-0.05, 0) is 36.3 Å². The molecule has 0 saturated carbocycles. The standard InChI is InChI=1S/C15H21NO2/c16-8-9-18-11-14(17)10-13-6-3-5-12-4-1-2-7-15(12)13/h1-2,4,7,13H,3,5-6,8-11,16H2. The molecule has 2 rings (SSSR count). The highest BCUT2D eigenvalue weighted by Gasteiger charge is 2.21. The second kappa shape index (κ2) is 6.66. The van der Waals surface area contributed by atoms with Gasteiger partial charge in [0, 0.05) is 13.0 Å². The highest BCUT2D eigenvalue weighted by Crippen LogP contribution is 2.33. The van der Waals surface area contributed by atoms with E-state index in [1.807, 2.05) is 0 Å². The molecule has 0 bridgehead atoms. The Hall–Kier alpha value is -1.19. The Bertz CT molecular complexity index is 403. The van der Waals surface area contributed by atoms with E-state index >= 15 is 0 Å². The summed E-state index contributed by atoms with van der Waals surface area (Å²) < 4.78 is 5.20. The van der Waals surface area contributed by atoms with Crippen LogP contribution in [0.25, 0.3) is 0 Å². The fraction of sp³-hybridized carbons (Fsp3) is 0.533. The zero-order chi connectivity index (χ0) is 12.8. The van der Waals surface area contributed by atoms with Gasteiger partial charge in [0.05, 0.1) is 6.61 Å². The van der Waals surface area contributed by atoms with Gasteiger partial charge in [0.25, 0.3) is 0 Å². The smallest absolute Gasteiger partial charge is 0.159 e. The quantitative estimate of drug-likeness (QED) is 0.783. The SMILES string of the molecule is NCCOCC(=O)CC1CCCc2ccccc21. The van der Waals surface area contributed by atoms with E-state index in [-0.39, 0.29) is 12.4 Å². The van der Waals surface area contributed by atoms with Gasteiger partial charge in [-0.25, -0.2) is 0 Å². The first kappa shape index (κ1) is 13.2. The van der Waals surface area contributed by atoms with E-state index in [4.69, 9.17) is 10.5 Å². The maximum Gasteiger partial charge on any atom is 0.159 e. The number of benzene rings is 1. The number of aryl methyl sites for hydroxylation is 1. The number of hydrogen-bond acceptors (Lipinski definition) is 3. The van der Waals surface area contributed by atoms with Crippen LogP contribution in [0.3, 0.4) is 0 Å². The first-order valence-electron chi connectivity index (χ1n) is 6.68. The highest BCUT2D eigenvalue weighted by atomic mass is 16.5. The van der Waals surface area contributed by atoms with Gasteiger partial charge in [-0.1, -0.05) is 24.3 Å². The van der Waals surface area contributed by atoms with E-state index in [2.05, 4.69) is 24.3 Å². The number of fused-ring (bicyclic) bond motifs is 1. The summed E-state index contributed by atoms with van der Waals surface area (Å²) in [4.78, 5) is 11.8. The summed E-state index contributed by atoms with van der Waals surface area (Å²) in [5, 5.41) is 0. The van der Waals surface area contributed by atoms with Crippen LogP contribution in [-0.2, 0) is 16.0 Å². The van der Waals surface area contributed by atoms with Crippen LogP contribution in [0.1, 0.15) is 36.3 Å². The molecule has 1 atom stereocenters. The van der Waals surface area contributed by atoms with Crippen molar-refractivity contribution in [2.75, 3.05) is 19.8 Å². The third-order valence-corrected chi connectivity index (χ3v) is 3.49. The molecule has 1 aliphatic carbocycles. The van der Waals surface area contributed by atoms with Crippen molar-refractivity contribution in [3.63, 3.8) is 0 Å². The monoisotopic (exact) mass is 247 g/mol. The van der Waals surface area contributed by atoms with E-state index in [1.54, 1.807) is 0 Å². The van der Waals surface area contributed by atoms with Crippen molar-refractivity contribution < 1.29 is 9.53 Å². The molecule has 0 radical (unpaired) electrons. The van der Waals surface area contributed by atoms with E-state index < -0.39 is 0 Å². The Balaban J connectivity index is 1.92. The number of rotatable bonds is 6. The first-order chi connectivity index (χ1) is 8.81. The predicted octanol–water partition coefficient (Wildman–Crippen LogP) is 2.04. The Morgan fingerprint density at radius 3 is 3.06 bits per heavy atom. The number of carbonyl (C=O) groups is 1. The molecule has 0 heterocycles. The van der Waals surface area contributed by atoms with Gasteiger partial charge >= 0.3 is 0 Å². The van der Waals surface area contributed by atoms with Gasteiger partial charge < -0.3 is 10.5 Å². The van der Waals surface area contributed by atoms with Crippen LogP contribution in [-0.4, -0.2) is 25.5 Å². The maximum atomic E-state index is 11.8. The van der Waals surface area contributed by atoms with E-state index in [0.29, 0.717) is 25.5 Å². The third kappa shape index (κ3) is 3.40. The van der Waals surface area contributed by atoms with Crippen LogP contribution in [0.2, 0.25) is 0 Å². The second-order valence-corrected chi connectivity index (χ2v) is 4.87. The molecule has 1 aromatic carbocycles. The van der Waals surface area contributed by atoms with Crippen molar-refractivity contribution in [2.45, 2.75) is 31.6 Å². The largest absolute Gasteiger partial charge is 0.372 e. The lowest BCUT2D eigenvalue weighted by Crippen LogP contribution is -2.18. The minimum Gasteiger partial charge on any atom is -0.372 e. The Labute approximate surface area is 108 Å². The van der Waals surface area contributed by atoms with Crippen molar-refractivity contribution in [1.29, 1.82) is 0 Å². The Kier molecular flexibility index (Phi) is 4.90. The van der Waals surface area contributed by atoms with E-state index in [1.165, 1.54) is 17.5 Å². The Morgan fingerprint density at radius 2 is 2.22 bits per heavy atom. The molecule has 1 aliphatic rings. The molecule has 2 N–H and O–H groups in total. The van der Waals surface area contributed by atoms with Crippen LogP contribution in [0.4, 0.5) is 0 Å². The van der Waals surface area contributed by atoms with Crippen LogP contribution >= 0.6 is 0 Å². The van der Waals surface area contributed by atoms with Gasteiger partial charge in [-0.2, -0.15) is 0 Å². The molecular formula is C15H21NO2. The fourth-order valence-electron chi connectivity index (χ4n) is 2.67. The number of ether oxygens (including phenoxy) is 1. The second-order valence-electron chi connectivity index (χ2n) is 4.87. The number of nitrogens with two attached hydrogens (primary N) is 1. The van der Waals surface area contributed by atoms with Crippen LogP contribution in [0.15, 0.2) is 24.3 Å². The molecule has 0 amide bonds. The zero-order valence-corrected chi connectivity index (χ0v) is 10.7. The van der Waals surface area contributed by atoms with Gasteiger partial charge in [0.15, 0.2) is 5.78 Å². The molecule has 3 heteroatoms. The summed E-state index contributed by atoms with van der Waals surface area (Å²) in [6, 6.07) is 8.48. The molecule has 0 fully saturated rings. The lowest BCUT2D eigenvalue weighted by atomic mass is 9.80. The topological polar surface area (TPSA) is 52.3 Å². The lowest BCUT2D eigenvalue weighted by molar-refractivity contribution is -0.123. The van der Waals surface area contributed by atoms with Gasteiger partial charge in [-0.3, -0.25) is 4.79 Å². The normalized spacial score (nSPS) is 18.4. The summed E-state index contributed by atoms with van der Waals surface area (Å²) >= 11 is 0. The fourth-order valence-corrected chi connectivity index (χ4v) is 2.67. The summed E-state index contributed by atoms with van der Waals surface area (Å²) in [7, 11) is 0. The van der Waals surface area contributed by atoms with Crippen LogP contribution in [0.5, 0.6) is 0 Å². The molecule has 18 heavy (non-hydrogen) atoms. The summed E-state index contributed by atoms with van der Waals surface area (Å²) in [6.07, 6.45) is 4.03. The molecule has 0 aliphatic heterocycles. The minimum atomic E-state index is 0.185. The minimum absolute atomic E-state index is 0.185. The van der Waals surface area contributed by atoms with Gasteiger partial charge in [0.2, 0.25) is 0 Å². The molecule has 98 valence electrons. The number of Topliss-reactive ketones (excluding diaryl/α,β-unsaturated/α-hetero) is 1. The average Bonchev–Trinajstić information content (AvgIpc) is 2.39. The van der Waals surface area contributed by atoms with E-state index in [9.17, 15) is 4.79 Å². The van der Waals surface area contributed by atoms with Gasteiger partial charge in [-0.15, -0.1) is 0 Å². The number of hydrogen-bond donors (Lipinski definition) is 1. The third-order valence-electron chi connectivity index (χ3n) is 3.49. The molecule has 3 nitrogen and oxygen atoms in total. The highest BCUT2D eigenvalue weighted by molar-refractivity contribution is 5.80. The lowest BCUT2D eigenvalue weighted by Gasteiger charge is -2.24. The molecular weight excluding hydrogens is 226 g/mol. The summed E-state index contributed by atoms with van der Waals surface area (Å²) in [6.45, 7) is 1.14. The van der Waals surface area contributed by atoms with Crippen LogP contribution < -0.4 is 5.73 Å². The van der Waals surface area contributed by atoms with Crippen LogP contribution in [0, 0.1) is 0 Å². The van der Waals surface area contributed by atoms with Crippen molar-refractivity contribution in [2.24, 2.45) is 5.73 Å². The zero-order valence-electron chi connectivity index (χ0n) is 10.7. The van der Waals surface area contributed by atoms with Crippen molar-refractivity contribution in [3.05, 3.63) is 35.4 Å². The molecule has 1 aromatic rings. The first-order valence-corrected chi connectivity index (χ1v) is 6.68. The number of carbonyl (C=O) groups excluding carboxylic acids is 1. The van der Waals surface area contributed by atoms with Crippen molar-refractivity contribution >= 4 is 5.78 Å². The van der Waals surface area contributed by atoms with Crippen molar-refractivity contribution in [1.82, 2.24) is 0 Å². The molecule has 0 spiro atoms. The van der Waals surface area contributed by atoms with Gasteiger partial charge in [0.1, 0.15) is 6.61 Å².